The van der Waals surface area contributed by atoms with Gasteiger partial charge in [-0.3, -0.25) is 4.79 Å². The molecule has 2 atom stereocenters. The molecule has 2 rings (SSSR count). The zero-order valence-corrected chi connectivity index (χ0v) is 17.4. The Balaban J connectivity index is 1.97. The number of allylic oxidation sites excluding steroid dienone is 1. The molecule has 0 saturated carbocycles. The van der Waals surface area contributed by atoms with Crippen LogP contribution >= 0.6 is 0 Å². The summed E-state index contributed by atoms with van der Waals surface area (Å²) in [5.74, 6) is -0.216. The first kappa shape index (κ1) is 23.5. The molecule has 1 fully saturated rings. The molecule has 8 nitrogen and oxygen atoms in total. The third-order valence-corrected chi connectivity index (χ3v) is 4.94. The third-order valence-electron chi connectivity index (χ3n) is 4.94. The Hall–Kier alpha value is -2.83. The van der Waals surface area contributed by atoms with Gasteiger partial charge in [0.25, 0.3) is 5.91 Å². The highest BCUT2D eigenvalue weighted by atomic mass is 16.4. The summed E-state index contributed by atoms with van der Waals surface area (Å²) in [5, 5.41) is 33.5. The predicted octanol–water partition coefficient (Wildman–Crippen LogP) is 1.60. The number of hydrogen-bond donors (Lipinski definition) is 4. The molecule has 0 unspecified atom stereocenters. The van der Waals surface area contributed by atoms with Crippen molar-refractivity contribution in [3.05, 3.63) is 47.5 Å². The van der Waals surface area contributed by atoms with Gasteiger partial charge in [0.15, 0.2) is 0 Å². The lowest BCUT2D eigenvalue weighted by molar-refractivity contribution is -0.127. The molecule has 3 amide bonds. The van der Waals surface area contributed by atoms with E-state index in [-0.39, 0.29) is 36.3 Å². The number of likely N-dealkylation sites (tertiary alicyclic amines) is 1. The lowest BCUT2D eigenvalue weighted by atomic mass is 9.79. The van der Waals surface area contributed by atoms with Crippen LogP contribution in [0.3, 0.4) is 0 Å². The van der Waals surface area contributed by atoms with Gasteiger partial charge in [-0.05, 0) is 24.3 Å². The second kappa shape index (κ2) is 11.4. The Kier molecular flexibility index (Phi) is 8.90. The van der Waals surface area contributed by atoms with Crippen LogP contribution in [0.2, 0.25) is 6.32 Å². The first-order valence-corrected chi connectivity index (χ1v) is 10.2. The fraction of sp³-hybridized carbons (Fsp3) is 0.476. The van der Waals surface area contributed by atoms with Crippen LogP contribution in [0, 0.1) is 17.2 Å². The van der Waals surface area contributed by atoms with E-state index in [2.05, 4.69) is 10.6 Å². The quantitative estimate of drug-likeness (QED) is 0.293. The van der Waals surface area contributed by atoms with E-state index in [4.69, 9.17) is 0 Å². The number of nitrogens with zero attached hydrogens (tertiary/aromatic N) is 2. The Bertz CT molecular complexity index is 792. The summed E-state index contributed by atoms with van der Waals surface area (Å²) in [5.41, 5.74) is 0.887. The zero-order chi connectivity index (χ0) is 22.1. The molecule has 1 aliphatic rings. The van der Waals surface area contributed by atoms with Crippen molar-refractivity contribution in [1.29, 1.82) is 5.26 Å². The Morgan fingerprint density at radius 3 is 2.63 bits per heavy atom. The van der Waals surface area contributed by atoms with Crippen molar-refractivity contribution < 1.29 is 19.6 Å². The maximum atomic E-state index is 12.7. The summed E-state index contributed by atoms with van der Waals surface area (Å²) in [4.78, 5) is 26.8. The number of nitrogens with one attached hydrogen (secondary N) is 2. The van der Waals surface area contributed by atoms with Crippen LogP contribution in [0.5, 0.6) is 0 Å². The second-order valence-electron chi connectivity index (χ2n) is 7.76. The summed E-state index contributed by atoms with van der Waals surface area (Å²) in [6.07, 6.45) is 3.16. The number of benzene rings is 1. The molecular formula is C21H29BN4O4. The first-order chi connectivity index (χ1) is 14.3. The van der Waals surface area contributed by atoms with Gasteiger partial charge in [-0.15, -0.1) is 0 Å². The summed E-state index contributed by atoms with van der Waals surface area (Å²) < 4.78 is 0. The number of carbonyl (C=O) groups excluding carboxylic acids is 2. The molecule has 0 spiro atoms. The van der Waals surface area contributed by atoms with Crippen LogP contribution in [0.1, 0.15) is 38.3 Å². The topological polar surface area (TPSA) is 126 Å². The fourth-order valence-electron chi connectivity index (χ4n) is 3.55. The molecule has 1 aromatic rings. The van der Waals surface area contributed by atoms with Gasteiger partial charge in [-0.2, -0.15) is 5.26 Å². The molecule has 1 aliphatic heterocycles. The number of rotatable bonds is 8. The monoisotopic (exact) mass is 412 g/mol. The summed E-state index contributed by atoms with van der Waals surface area (Å²) in [6, 6.07) is 9.83. The number of hydrogen-bond acceptors (Lipinski definition) is 5. The highest BCUT2D eigenvalue weighted by Gasteiger charge is 2.31. The van der Waals surface area contributed by atoms with E-state index < -0.39 is 19.2 Å². The van der Waals surface area contributed by atoms with Gasteiger partial charge >= 0.3 is 13.1 Å². The van der Waals surface area contributed by atoms with Gasteiger partial charge in [-0.25, -0.2) is 4.79 Å². The van der Waals surface area contributed by atoms with Crippen LogP contribution in [0.4, 0.5) is 4.79 Å². The van der Waals surface area contributed by atoms with E-state index in [0.717, 1.165) is 18.4 Å². The summed E-state index contributed by atoms with van der Waals surface area (Å²) in [7, 11) is -1.56. The van der Waals surface area contributed by atoms with Gasteiger partial charge in [0, 0.05) is 25.5 Å². The lowest BCUT2D eigenvalue weighted by Gasteiger charge is -2.26. The highest BCUT2D eigenvalue weighted by Crippen LogP contribution is 2.20. The molecule has 160 valence electrons. The maximum absolute atomic E-state index is 12.7. The van der Waals surface area contributed by atoms with Crippen molar-refractivity contribution in [1.82, 2.24) is 15.5 Å². The van der Waals surface area contributed by atoms with Gasteiger partial charge in [0.05, 0.1) is 6.04 Å². The first-order valence-electron chi connectivity index (χ1n) is 10.2. The van der Waals surface area contributed by atoms with E-state index in [9.17, 15) is 24.9 Å². The van der Waals surface area contributed by atoms with Gasteiger partial charge in [0.1, 0.15) is 11.6 Å². The Labute approximate surface area is 177 Å². The van der Waals surface area contributed by atoms with Crippen molar-refractivity contribution >= 4 is 19.1 Å². The van der Waals surface area contributed by atoms with Gasteiger partial charge < -0.3 is 25.6 Å². The van der Waals surface area contributed by atoms with E-state index in [1.807, 2.05) is 38.1 Å². The highest BCUT2D eigenvalue weighted by molar-refractivity contribution is 6.41. The molecule has 1 aromatic carbocycles. The van der Waals surface area contributed by atoms with Crippen molar-refractivity contribution in [3.63, 3.8) is 0 Å². The van der Waals surface area contributed by atoms with E-state index in [1.54, 1.807) is 23.1 Å². The minimum Gasteiger partial charge on any atom is -0.427 e. The largest absolute Gasteiger partial charge is 0.453 e. The van der Waals surface area contributed by atoms with Crippen molar-refractivity contribution in [3.8, 4) is 6.07 Å². The standard InChI is InChI=1S/C21H29BN4O4/c1-15(2)11-17(13-23)20(27)26-10-6-9-18(26)14-24-21(28)25-19(12-22(29)30)16-7-4-3-5-8-16/h3-5,7-8,11,15,18-19,29-30H,6,9-10,12,14H2,1-2H3,(H2,24,25,28)/t18-,19+/m0/s1. The van der Waals surface area contributed by atoms with E-state index in [0.29, 0.717) is 6.54 Å². The molecule has 1 heterocycles. The molecule has 0 bridgehead atoms. The molecular weight excluding hydrogens is 383 g/mol. The number of nitriles is 1. The molecule has 9 heteroatoms. The normalized spacial score (nSPS) is 17.4. The SMILES string of the molecule is CC(C)C=C(C#N)C(=O)N1CCC[C@H]1CNC(=O)N[C@H](CB(O)O)c1ccccc1. The Morgan fingerprint density at radius 1 is 1.33 bits per heavy atom. The predicted molar refractivity (Wildman–Crippen MR) is 114 cm³/mol. The van der Waals surface area contributed by atoms with E-state index >= 15 is 0 Å². The van der Waals surface area contributed by atoms with Crippen molar-refractivity contribution in [2.45, 2.75) is 45.1 Å². The number of urea groups is 1. The minimum absolute atomic E-state index is 0.0446. The molecule has 30 heavy (non-hydrogen) atoms. The lowest BCUT2D eigenvalue weighted by Crippen LogP contribution is -2.47. The van der Waals surface area contributed by atoms with E-state index in [1.165, 1.54) is 0 Å². The average Bonchev–Trinajstić information content (AvgIpc) is 3.18. The minimum atomic E-state index is -1.56. The molecule has 0 aromatic heterocycles. The average molecular weight is 412 g/mol. The van der Waals surface area contributed by atoms with Crippen molar-refractivity contribution in [2.75, 3.05) is 13.1 Å². The second-order valence-corrected chi connectivity index (χ2v) is 7.76. The molecule has 0 radical (unpaired) electrons. The van der Waals surface area contributed by atoms with Crippen LogP contribution in [-0.2, 0) is 4.79 Å². The molecule has 0 aliphatic carbocycles. The van der Waals surface area contributed by atoms with Gasteiger partial charge in [0.2, 0.25) is 0 Å². The third kappa shape index (κ3) is 6.90. The fourth-order valence-corrected chi connectivity index (χ4v) is 3.55. The number of amides is 3. The zero-order valence-electron chi connectivity index (χ0n) is 17.4. The molecule has 4 N–H and O–H groups in total. The van der Waals surface area contributed by atoms with Crippen LogP contribution in [0.25, 0.3) is 0 Å². The van der Waals surface area contributed by atoms with Crippen LogP contribution in [-0.4, -0.2) is 53.1 Å². The number of carbonyl (C=O) groups is 2. The molecule has 1 saturated heterocycles. The summed E-state index contributed by atoms with van der Waals surface area (Å²) >= 11 is 0. The maximum Gasteiger partial charge on any atom is 0.453 e. The smallest absolute Gasteiger partial charge is 0.427 e. The van der Waals surface area contributed by atoms with Crippen molar-refractivity contribution in [2.24, 2.45) is 5.92 Å². The summed E-state index contributed by atoms with van der Waals surface area (Å²) in [6.45, 7) is 4.61. The van der Waals surface area contributed by atoms with Crippen LogP contribution < -0.4 is 10.6 Å². The van der Waals surface area contributed by atoms with Crippen LogP contribution in [0.15, 0.2) is 42.0 Å². The van der Waals surface area contributed by atoms with Gasteiger partial charge in [-0.1, -0.05) is 50.3 Å². The Morgan fingerprint density at radius 2 is 2.03 bits per heavy atom.